The molecule has 1 atom stereocenters. The number of hydrogen-bond acceptors (Lipinski definition) is 6. The van der Waals surface area contributed by atoms with Gasteiger partial charge < -0.3 is 9.64 Å². The minimum atomic E-state index is -0.677. The van der Waals surface area contributed by atoms with Crippen molar-refractivity contribution < 1.29 is 18.3 Å². The highest BCUT2D eigenvalue weighted by Gasteiger charge is 2.30. The molecule has 0 aliphatic carbocycles. The number of hydrogen-bond donors (Lipinski definition) is 1. The van der Waals surface area contributed by atoms with Crippen LogP contribution in [0.1, 0.15) is 45.2 Å². The van der Waals surface area contributed by atoms with Crippen molar-refractivity contribution in [2.45, 2.75) is 45.3 Å². The molecule has 36 heavy (non-hydrogen) atoms. The summed E-state index contributed by atoms with van der Waals surface area (Å²) in [7, 11) is 1.80. The number of carbonyl (C=O) groups excluding carboxylic acids is 1. The van der Waals surface area contributed by atoms with Gasteiger partial charge in [-0.3, -0.25) is 10.00 Å². The summed E-state index contributed by atoms with van der Waals surface area (Å²) < 4.78 is 37.2. The van der Waals surface area contributed by atoms with E-state index in [1.165, 1.54) is 6.07 Å². The second-order valence-corrected chi connectivity index (χ2v) is 9.85. The third kappa shape index (κ3) is 4.60. The van der Waals surface area contributed by atoms with E-state index in [4.69, 9.17) is 4.74 Å². The number of rotatable bonds is 4. The summed E-state index contributed by atoms with van der Waals surface area (Å²) in [6.45, 7) is 5.98. The molecule has 1 fully saturated rings. The Balaban J connectivity index is 1.57. The summed E-state index contributed by atoms with van der Waals surface area (Å²) in [6.07, 6.45) is 5.89. The van der Waals surface area contributed by atoms with Gasteiger partial charge in [-0.15, -0.1) is 5.10 Å². The topological polar surface area (TPSA) is 89.6 Å². The Bertz CT molecular complexity index is 1440. The highest BCUT2D eigenvalue weighted by Crippen LogP contribution is 2.39. The van der Waals surface area contributed by atoms with Crippen molar-refractivity contribution in [3.05, 3.63) is 60.2 Å². The lowest BCUT2D eigenvalue weighted by atomic mass is 10.0. The van der Waals surface area contributed by atoms with E-state index in [0.717, 1.165) is 24.1 Å². The number of benzene rings is 1. The van der Waals surface area contributed by atoms with Gasteiger partial charge in [0.25, 0.3) is 0 Å². The van der Waals surface area contributed by atoms with E-state index >= 15 is 0 Å². The van der Waals surface area contributed by atoms with Gasteiger partial charge in [0.15, 0.2) is 5.82 Å². The highest BCUT2D eigenvalue weighted by atomic mass is 19.1. The molecule has 1 aliphatic rings. The van der Waals surface area contributed by atoms with Gasteiger partial charge in [-0.05, 0) is 51.8 Å². The number of aryl methyl sites for hydroxylation is 1. The van der Waals surface area contributed by atoms with Gasteiger partial charge in [-0.1, -0.05) is 0 Å². The zero-order valence-electron chi connectivity index (χ0n) is 20.5. The van der Waals surface area contributed by atoms with Gasteiger partial charge >= 0.3 is 6.09 Å². The van der Waals surface area contributed by atoms with E-state index in [1.54, 1.807) is 49.5 Å². The summed E-state index contributed by atoms with van der Waals surface area (Å²) in [4.78, 5) is 19.1. The van der Waals surface area contributed by atoms with E-state index in [9.17, 15) is 13.6 Å². The van der Waals surface area contributed by atoms with Crippen LogP contribution >= 0.6 is 0 Å². The molecule has 4 aromatic rings. The van der Waals surface area contributed by atoms with E-state index in [2.05, 4.69) is 20.5 Å². The average molecular weight is 496 g/mol. The summed E-state index contributed by atoms with van der Waals surface area (Å²) in [5.41, 5.74) is 1.69. The number of nitrogens with zero attached hydrogens (tertiary/aromatic N) is 6. The highest BCUT2D eigenvalue weighted by molar-refractivity contribution is 5.96. The first-order valence-corrected chi connectivity index (χ1v) is 11.7. The van der Waals surface area contributed by atoms with Crippen molar-refractivity contribution in [1.29, 1.82) is 0 Å². The lowest BCUT2D eigenvalue weighted by Crippen LogP contribution is -2.27. The molecule has 9 nitrogen and oxygen atoms in total. The van der Waals surface area contributed by atoms with Gasteiger partial charge in [0.2, 0.25) is 0 Å². The Kier molecular flexibility index (Phi) is 5.85. The van der Waals surface area contributed by atoms with Crippen molar-refractivity contribution in [2.75, 3.05) is 16.8 Å². The fourth-order valence-electron chi connectivity index (χ4n) is 4.56. The summed E-state index contributed by atoms with van der Waals surface area (Å²) in [5, 5.41) is 11.5. The van der Waals surface area contributed by atoms with Crippen molar-refractivity contribution in [3.63, 3.8) is 0 Å². The third-order valence-electron chi connectivity index (χ3n) is 5.99. The Labute approximate surface area is 206 Å². The van der Waals surface area contributed by atoms with Gasteiger partial charge in [0.05, 0.1) is 23.3 Å². The number of amides is 1. The number of fused-ring (bicyclic) bond motifs is 1. The molecule has 1 N–H and O–H groups in total. The van der Waals surface area contributed by atoms with Crippen LogP contribution in [-0.4, -0.2) is 42.6 Å². The lowest BCUT2D eigenvalue weighted by molar-refractivity contribution is 0.0635. The molecule has 188 valence electrons. The van der Waals surface area contributed by atoms with Crippen LogP contribution in [0.3, 0.4) is 0 Å². The quantitative estimate of drug-likeness (QED) is 0.424. The molecule has 3 aromatic heterocycles. The van der Waals surface area contributed by atoms with Crippen molar-refractivity contribution in [3.8, 4) is 11.1 Å². The van der Waals surface area contributed by atoms with Crippen molar-refractivity contribution in [1.82, 2.24) is 24.4 Å². The Morgan fingerprint density at radius 1 is 1.22 bits per heavy atom. The van der Waals surface area contributed by atoms with Crippen LogP contribution in [0.25, 0.3) is 16.6 Å². The first kappa shape index (κ1) is 23.7. The molecule has 0 unspecified atom stereocenters. The summed E-state index contributed by atoms with van der Waals surface area (Å²) in [5.74, 6) is -0.0272. The molecule has 4 heterocycles. The number of anilines is 2. The molecule has 1 aromatic carbocycles. The monoisotopic (exact) mass is 495 g/mol. The normalized spacial score (nSPS) is 16.1. The van der Waals surface area contributed by atoms with Crippen molar-refractivity contribution in [2.24, 2.45) is 7.05 Å². The molecule has 1 saturated heterocycles. The van der Waals surface area contributed by atoms with Crippen LogP contribution in [0.4, 0.5) is 25.2 Å². The average Bonchev–Trinajstić information content (AvgIpc) is 3.51. The van der Waals surface area contributed by atoms with Gasteiger partial charge in [0, 0.05) is 37.0 Å². The maximum Gasteiger partial charge on any atom is 0.413 e. The SMILES string of the molecule is Cn1cc(-c2c(NC(=O)OC(C)(C)C)nn3cnc(N4CCC[C@@H]4c4cc(F)ccc4F)cc23)cn1. The predicted molar refractivity (Wildman–Crippen MR) is 131 cm³/mol. The molecule has 0 spiro atoms. The molecule has 5 rings (SSSR count). The summed E-state index contributed by atoms with van der Waals surface area (Å²) >= 11 is 0. The van der Waals surface area contributed by atoms with Gasteiger partial charge in [-0.25, -0.2) is 23.1 Å². The van der Waals surface area contributed by atoms with Crippen LogP contribution in [-0.2, 0) is 11.8 Å². The smallest absolute Gasteiger partial charge is 0.413 e. The molecule has 0 radical (unpaired) electrons. The zero-order valence-corrected chi connectivity index (χ0v) is 20.5. The standard InChI is InChI=1S/C25H27F2N7O2/c1-25(2,3)36-24(35)30-23-22(15-12-29-32(4)13-15)20-11-21(28-14-34(20)31-23)33-9-5-6-19(33)17-10-16(26)7-8-18(17)27/h7-8,10-14,19H,5-6,9H2,1-4H3,(H,30,31,35)/t19-/m1/s1. The maximum absolute atomic E-state index is 14.6. The first-order chi connectivity index (χ1) is 17.1. The Morgan fingerprint density at radius 3 is 2.75 bits per heavy atom. The fourth-order valence-corrected chi connectivity index (χ4v) is 4.56. The molecule has 0 saturated carbocycles. The van der Waals surface area contributed by atoms with E-state index in [0.29, 0.717) is 41.2 Å². The zero-order chi connectivity index (χ0) is 25.6. The van der Waals surface area contributed by atoms with Crippen LogP contribution < -0.4 is 10.2 Å². The maximum atomic E-state index is 14.6. The molecular formula is C25H27F2N7O2. The minimum absolute atomic E-state index is 0.297. The van der Waals surface area contributed by atoms with Gasteiger partial charge in [-0.2, -0.15) is 5.10 Å². The second kappa shape index (κ2) is 8.89. The molecule has 11 heteroatoms. The minimum Gasteiger partial charge on any atom is -0.444 e. The molecule has 1 aliphatic heterocycles. The number of halogens is 2. The van der Waals surface area contributed by atoms with E-state index in [-0.39, 0.29) is 6.04 Å². The van der Waals surface area contributed by atoms with Crippen LogP contribution in [0.2, 0.25) is 0 Å². The number of nitrogens with one attached hydrogen (secondary N) is 1. The Morgan fingerprint density at radius 2 is 2.03 bits per heavy atom. The van der Waals surface area contributed by atoms with Crippen LogP contribution in [0.15, 0.2) is 43.0 Å². The number of ether oxygens (including phenoxy) is 1. The number of aromatic nitrogens is 5. The first-order valence-electron chi connectivity index (χ1n) is 11.7. The largest absolute Gasteiger partial charge is 0.444 e. The van der Waals surface area contributed by atoms with E-state index < -0.39 is 23.3 Å². The third-order valence-corrected chi connectivity index (χ3v) is 5.99. The predicted octanol–water partition coefficient (Wildman–Crippen LogP) is 5.10. The van der Waals surface area contributed by atoms with Crippen LogP contribution in [0, 0.1) is 11.6 Å². The molecule has 0 bridgehead atoms. The number of carbonyl (C=O) groups is 1. The lowest BCUT2D eigenvalue weighted by Gasteiger charge is -2.26. The van der Waals surface area contributed by atoms with Crippen LogP contribution in [0.5, 0.6) is 0 Å². The summed E-state index contributed by atoms with van der Waals surface area (Å²) in [6, 6.07) is 5.02. The van der Waals surface area contributed by atoms with E-state index in [1.807, 2.05) is 17.2 Å². The van der Waals surface area contributed by atoms with Crippen molar-refractivity contribution >= 4 is 23.2 Å². The fraction of sp³-hybridized carbons (Fsp3) is 0.360. The van der Waals surface area contributed by atoms with Gasteiger partial charge in [0.1, 0.15) is 29.4 Å². The second-order valence-electron chi connectivity index (χ2n) is 9.85. The molecule has 1 amide bonds. The molecular weight excluding hydrogens is 468 g/mol. The Hall–Kier alpha value is -4.02.